The first-order valence-electron chi connectivity index (χ1n) is 10.2. The summed E-state index contributed by atoms with van der Waals surface area (Å²) in [5, 5.41) is 8.91. The molecule has 3 heterocycles. The number of hydrogen-bond donors (Lipinski definition) is 1. The fraction of sp³-hybridized carbons (Fsp3) is 0.273. The van der Waals surface area contributed by atoms with Crippen LogP contribution in [0.5, 0.6) is 11.5 Å². The molecule has 0 bridgehead atoms. The minimum absolute atomic E-state index is 0.0698. The molecule has 0 radical (unpaired) electrons. The Morgan fingerprint density at radius 1 is 1.09 bits per heavy atom. The lowest BCUT2D eigenvalue weighted by Crippen LogP contribution is -2.11. The minimum Gasteiger partial charge on any atom is -0.494 e. The van der Waals surface area contributed by atoms with Crippen molar-refractivity contribution in [2.24, 2.45) is 7.05 Å². The third kappa shape index (κ3) is 4.92. The van der Waals surface area contributed by atoms with Crippen molar-refractivity contribution in [1.29, 1.82) is 0 Å². The van der Waals surface area contributed by atoms with Gasteiger partial charge in [0.2, 0.25) is 5.95 Å². The standard InChI is InChI=1S/C22H24FN7O2S/c1-14(10-19-24-11-16(23)12-25-19)33-28-22-27-26-21(15-8-9-29(2)13-15)30(22)20-17(31-3)6-5-7-18(20)32-4/h5-9,11-14H,10H2,1-4H3,(H,27,28)/t14-/m1/s1. The Morgan fingerprint density at radius 2 is 1.79 bits per heavy atom. The van der Waals surface area contributed by atoms with Crippen molar-refractivity contribution in [3.8, 4) is 28.6 Å². The molecule has 1 N–H and O–H groups in total. The van der Waals surface area contributed by atoms with E-state index in [1.54, 1.807) is 14.2 Å². The first-order valence-corrected chi connectivity index (χ1v) is 11.0. The Balaban J connectivity index is 1.68. The minimum atomic E-state index is -0.454. The van der Waals surface area contributed by atoms with Crippen LogP contribution in [0.25, 0.3) is 17.1 Å². The summed E-state index contributed by atoms with van der Waals surface area (Å²) in [4.78, 5) is 8.07. The molecule has 0 saturated heterocycles. The van der Waals surface area contributed by atoms with E-state index in [1.165, 1.54) is 24.3 Å². The van der Waals surface area contributed by atoms with E-state index >= 15 is 0 Å². The number of aryl methyl sites for hydroxylation is 1. The highest BCUT2D eigenvalue weighted by molar-refractivity contribution is 8.01. The normalized spacial score (nSPS) is 11.9. The number of rotatable bonds is 9. The number of para-hydroxylation sites is 1. The Bertz CT molecular complexity index is 1200. The highest BCUT2D eigenvalue weighted by Gasteiger charge is 2.23. The molecule has 0 aliphatic heterocycles. The molecule has 0 unspecified atom stereocenters. The average Bonchev–Trinajstić information content (AvgIpc) is 3.44. The first-order chi connectivity index (χ1) is 16.0. The van der Waals surface area contributed by atoms with Crippen LogP contribution in [0.2, 0.25) is 0 Å². The van der Waals surface area contributed by atoms with Crippen LogP contribution in [0.4, 0.5) is 10.3 Å². The quantitative estimate of drug-likeness (QED) is 0.369. The number of ether oxygens (including phenoxy) is 2. The van der Waals surface area contributed by atoms with Gasteiger partial charge in [0.1, 0.15) is 23.0 Å². The zero-order valence-corrected chi connectivity index (χ0v) is 19.5. The molecule has 4 aromatic rings. The summed E-state index contributed by atoms with van der Waals surface area (Å²) in [5.41, 5.74) is 1.58. The lowest BCUT2D eigenvalue weighted by atomic mass is 10.2. The predicted molar refractivity (Wildman–Crippen MR) is 125 cm³/mol. The van der Waals surface area contributed by atoms with Crippen LogP contribution in [0.3, 0.4) is 0 Å². The third-order valence-electron chi connectivity index (χ3n) is 4.87. The Hall–Kier alpha value is -3.60. The zero-order valence-electron chi connectivity index (χ0n) is 18.7. The molecular weight excluding hydrogens is 445 g/mol. The largest absolute Gasteiger partial charge is 0.494 e. The number of nitrogens with one attached hydrogen (secondary N) is 1. The maximum Gasteiger partial charge on any atom is 0.239 e. The molecule has 4 rings (SSSR count). The number of nitrogens with zero attached hydrogens (tertiary/aromatic N) is 6. The maximum atomic E-state index is 13.1. The van der Waals surface area contributed by atoms with Crippen molar-refractivity contribution >= 4 is 17.9 Å². The van der Waals surface area contributed by atoms with Gasteiger partial charge < -0.3 is 14.0 Å². The number of halogens is 1. The number of anilines is 1. The molecular formula is C22H24FN7O2S. The van der Waals surface area contributed by atoms with Crippen LogP contribution in [-0.2, 0) is 13.5 Å². The van der Waals surface area contributed by atoms with Gasteiger partial charge in [-0.2, -0.15) is 0 Å². The van der Waals surface area contributed by atoms with E-state index in [4.69, 9.17) is 9.47 Å². The van der Waals surface area contributed by atoms with Crippen molar-refractivity contribution in [3.63, 3.8) is 0 Å². The number of benzene rings is 1. The summed E-state index contributed by atoms with van der Waals surface area (Å²) in [6, 6.07) is 7.55. The lowest BCUT2D eigenvalue weighted by molar-refractivity contribution is 0.391. The molecule has 33 heavy (non-hydrogen) atoms. The highest BCUT2D eigenvalue weighted by Crippen LogP contribution is 2.38. The molecule has 0 spiro atoms. The van der Waals surface area contributed by atoms with E-state index in [1.807, 2.05) is 59.8 Å². The van der Waals surface area contributed by atoms with Crippen molar-refractivity contribution in [2.45, 2.75) is 18.6 Å². The van der Waals surface area contributed by atoms with Gasteiger partial charge >= 0.3 is 0 Å². The summed E-state index contributed by atoms with van der Waals surface area (Å²) >= 11 is 1.44. The molecule has 0 aliphatic carbocycles. The van der Waals surface area contributed by atoms with Crippen LogP contribution < -0.4 is 14.2 Å². The fourth-order valence-corrected chi connectivity index (χ4v) is 4.00. The SMILES string of the molecule is COc1cccc(OC)c1-n1c(NS[C@H](C)Cc2ncc(F)cn2)nnc1-c1ccn(C)c1. The predicted octanol–water partition coefficient (Wildman–Crippen LogP) is 3.91. The number of aromatic nitrogens is 6. The second-order valence-corrected chi connectivity index (χ2v) is 8.56. The monoisotopic (exact) mass is 469 g/mol. The van der Waals surface area contributed by atoms with Gasteiger partial charge in [0.25, 0.3) is 0 Å². The van der Waals surface area contributed by atoms with Gasteiger partial charge in [-0.25, -0.2) is 14.4 Å². The molecule has 0 fully saturated rings. The highest BCUT2D eigenvalue weighted by atomic mass is 32.2. The van der Waals surface area contributed by atoms with Crippen molar-refractivity contribution in [1.82, 2.24) is 29.3 Å². The van der Waals surface area contributed by atoms with E-state index in [9.17, 15) is 4.39 Å². The number of hydrogen-bond acceptors (Lipinski definition) is 8. The van der Waals surface area contributed by atoms with E-state index in [2.05, 4.69) is 24.9 Å². The van der Waals surface area contributed by atoms with Gasteiger partial charge in [-0.15, -0.1) is 10.2 Å². The van der Waals surface area contributed by atoms with Gasteiger partial charge in [-0.3, -0.25) is 9.29 Å². The second kappa shape index (κ2) is 9.90. The van der Waals surface area contributed by atoms with Gasteiger partial charge in [-0.1, -0.05) is 13.0 Å². The Kier molecular flexibility index (Phi) is 6.78. The van der Waals surface area contributed by atoms with Gasteiger partial charge in [0.05, 0.1) is 26.6 Å². The van der Waals surface area contributed by atoms with Crippen molar-refractivity contribution in [3.05, 3.63) is 60.7 Å². The topological polar surface area (TPSA) is 91.9 Å². The van der Waals surface area contributed by atoms with Gasteiger partial charge in [-0.05, 0) is 30.1 Å². The number of methoxy groups -OCH3 is 2. The fourth-order valence-electron chi connectivity index (χ4n) is 3.33. The summed E-state index contributed by atoms with van der Waals surface area (Å²) < 4.78 is 31.5. The molecule has 0 amide bonds. The van der Waals surface area contributed by atoms with E-state index < -0.39 is 5.82 Å². The van der Waals surface area contributed by atoms with Crippen LogP contribution in [0.15, 0.2) is 49.1 Å². The molecule has 0 aliphatic rings. The molecule has 11 heteroatoms. The second-order valence-electron chi connectivity index (χ2n) is 7.31. The lowest BCUT2D eigenvalue weighted by Gasteiger charge is -2.18. The summed E-state index contributed by atoms with van der Waals surface area (Å²) in [7, 11) is 5.16. The summed E-state index contributed by atoms with van der Waals surface area (Å²) in [6.45, 7) is 2.02. The molecule has 0 saturated carbocycles. The van der Waals surface area contributed by atoms with Gasteiger partial charge in [0.15, 0.2) is 11.6 Å². The van der Waals surface area contributed by atoms with Crippen LogP contribution >= 0.6 is 11.9 Å². The Morgan fingerprint density at radius 3 is 2.39 bits per heavy atom. The Labute approximate surface area is 195 Å². The van der Waals surface area contributed by atoms with Crippen molar-refractivity contribution < 1.29 is 13.9 Å². The summed E-state index contributed by atoms with van der Waals surface area (Å²) in [6.07, 6.45) is 6.80. The molecule has 9 nitrogen and oxygen atoms in total. The molecule has 1 atom stereocenters. The van der Waals surface area contributed by atoms with Gasteiger partial charge in [0, 0.05) is 36.7 Å². The van der Waals surface area contributed by atoms with Crippen LogP contribution in [-0.4, -0.2) is 48.8 Å². The molecule has 3 aromatic heterocycles. The van der Waals surface area contributed by atoms with Crippen LogP contribution in [0.1, 0.15) is 12.7 Å². The average molecular weight is 470 g/mol. The van der Waals surface area contributed by atoms with E-state index in [-0.39, 0.29) is 5.25 Å². The maximum absolute atomic E-state index is 13.1. The summed E-state index contributed by atoms with van der Waals surface area (Å²) in [5.74, 6) is 2.49. The van der Waals surface area contributed by atoms with Crippen molar-refractivity contribution in [2.75, 3.05) is 18.9 Å². The van der Waals surface area contributed by atoms with E-state index in [0.29, 0.717) is 41.2 Å². The smallest absolute Gasteiger partial charge is 0.239 e. The van der Waals surface area contributed by atoms with E-state index in [0.717, 1.165) is 5.56 Å². The third-order valence-corrected chi connectivity index (χ3v) is 5.74. The van der Waals surface area contributed by atoms with Crippen LogP contribution in [0, 0.1) is 5.82 Å². The molecule has 1 aromatic carbocycles. The first kappa shape index (κ1) is 22.6. The molecule has 172 valence electrons. The zero-order chi connectivity index (χ0) is 23.4.